The SMILES string of the molecule is CC(C)(C)c1ccc2c3ccc(C(C)(C)C)cc3n(-c3cc(-c4c(F)c(F)cc(F)c4F)cc(-n4c5cc(C(C)(C)C)ccc5c5ccc(C(C)(C)C)cc54)c3C#N)c2c1. The molecule has 60 heavy (non-hydrogen) atoms. The molecule has 0 N–H and O–H groups in total. The number of rotatable bonds is 3. The van der Waals surface area contributed by atoms with Gasteiger partial charge in [0.25, 0.3) is 0 Å². The molecule has 2 heterocycles. The first-order valence-corrected chi connectivity index (χ1v) is 20.5. The Kier molecular flexibility index (Phi) is 9.25. The summed E-state index contributed by atoms with van der Waals surface area (Å²) in [6.45, 7) is 25.5. The minimum Gasteiger partial charge on any atom is -0.308 e. The molecular weight excluding hydrogens is 755 g/mol. The van der Waals surface area contributed by atoms with Crippen LogP contribution in [0, 0.1) is 34.6 Å². The molecule has 0 bridgehead atoms. The van der Waals surface area contributed by atoms with Crippen molar-refractivity contribution in [3.8, 4) is 28.6 Å². The van der Waals surface area contributed by atoms with Crippen molar-refractivity contribution in [1.82, 2.24) is 9.13 Å². The Bertz CT molecular complexity index is 2790. The minimum absolute atomic E-state index is 0.115. The van der Waals surface area contributed by atoms with Crippen LogP contribution in [0.25, 0.3) is 66.1 Å². The third-order valence-corrected chi connectivity index (χ3v) is 12.1. The summed E-state index contributed by atoms with van der Waals surface area (Å²) in [6, 6.07) is 30.9. The predicted molar refractivity (Wildman–Crippen MR) is 240 cm³/mol. The van der Waals surface area contributed by atoms with Gasteiger partial charge in [-0.25, -0.2) is 17.6 Å². The Morgan fingerprint density at radius 3 is 0.950 bits per heavy atom. The zero-order chi connectivity index (χ0) is 43.6. The molecule has 0 saturated heterocycles. The minimum atomic E-state index is -1.52. The molecule has 8 aromatic rings. The molecule has 7 heteroatoms. The Balaban J connectivity index is 1.64. The van der Waals surface area contributed by atoms with E-state index in [9.17, 15) is 5.26 Å². The van der Waals surface area contributed by atoms with Crippen LogP contribution in [-0.2, 0) is 21.7 Å². The summed E-state index contributed by atoms with van der Waals surface area (Å²) >= 11 is 0. The number of nitrogens with zero attached hydrogens (tertiary/aromatic N) is 3. The standard InChI is InChI=1S/C53H51F4N3/c1-50(2,3)30-13-17-34-35-18-14-31(51(4,5)6)24-44(35)59(43(34)23-30)41-21-29(47-48(56)39(54)27-40(55)49(47)57)22-42(38(41)28-58)60-45-25-32(52(7,8)9)15-19-36(45)37-20-16-33(26-46(37)60)53(10,11)12/h13-27H,1-12H3. The highest BCUT2D eigenvalue weighted by Crippen LogP contribution is 2.44. The van der Waals surface area contributed by atoms with E-state index in [-0.39, 0.29) is 38.9 Å². The molecule has 0 aliphatic carbocycles. The highest BCUT2D eigenvalue weighted by molar-refractivity contribution is 6.12. The molecule has 2 aromatic heterocycles. The van der Waals surface area contributed by atoms with Gasteiger partial charge in [-0.1, -0.05) is 132 Å². The fourth-order valence-corrected chi connectivity index (χ4v) is 8.47. The fourth-order valence-electron chi connectivity index (χ4n) is 8.47. The first-order valence-electron chi connectivity index (χ1n) is 20.5. The molecule has 8 rings (SSSR count). The number of hydrogen-bond donors (Lipinski definition) is 0. The summed E-state index contributed by atoms with van der Waals surface area (Å²) in [5.41, 5.74) is 6.19. The van der Waals surface area contributed by atoms with E-state index in [2.05, 4.69) is 162 Å². The van der Waals surface area contributed by atoms with Crippen molar-refractivity contribution in [3.05, 3.63) is 142 Å². The van der Waals surface area contributed by atoms with Crippen molar-refractivity contribution in [2.75, 3.05) is 0 Å². The molecule has 306 valence electrons. The van der Waals surface area contributed by atoms with Crippen LogP contribution in [0.2, 0.25) is 0 Å². The third-order valence-electron chi connectivity index (χ3n) is 12.1. The van der Waals surface area contributed by atoms with Crippen LogP contribution in [0.4, 0.5) is 17.6 Å². The van der Waals surface area contributed by atoms with E-state index in [0.29, 0.717) is 11.4 Å². The van der Waals surface area contributed by atoms with Crippen molar-refractivity contribution in [2.24, 2.45) is 0 Å². The van der Waals surface area contributed by atoms with Gasteiger partial charge >= 0.3 is 0 Å². The first kappa shape index (κ1) is 40.9. The number of benzene rings is 6. The lowest BCUT2D eigenvalue weighted by Crippen LogP contribution is -2.12. The van der Waals surface area contributed by atoms with Gasteiger partial charge in [0.15, 0.2) is 23.3 Å². The number of nitriles is 1. The Hall–Kier alpha value is -5.87. The van der Waals surface area contributed by atoms with Gasteiger partial charge in [-0.3, -0.25) is 0 Å². The molecule has 0 spiro atoms. The van der Waals surface area contributed by atoms with Gasteiger partial charge in [-0.15, -0.1) is 0 Å². The van der Waals surface area contributed by atoms with Crippen molar-refractivity contribution in [3.63, 3.8) is 0 Å². The maximum Gasteiger partial charge on any atom is 0.169 e. The van der Waals surface area contributed by atoms with Crippen LogP contribution in [-0.4, -0.2) is 9.13 Å². The highest BCUT2D eigenvalue weighted by Gasteiger charge is 2.29. The van der Waals surface area contributed by atoms with Gasteiger partial charge in [0.05, 0.1) is 39.0 Å². The van der Waals surface area contributed by atoms with Crippen LogP contribution in [0.1, 0.15) is 111 Å². The summed E-state index contributed by atoms with van der Waals surface area (Å²) in [7, 11) is 0. The molecule has 3 nitrogen and oxygen atoms in total. The lowest BCUT2D eigenvalue weighted by Gasteiger charge is -2.23. The lowest BCUT2D eigenvalue weighted by molar-refractivity contribution is 0.458. The smallest absolute Gasteiger partial charge is 0.169 e. The second kappa shape index (κ2) is 13.6. The number of fused-ring (bicyclic) bond motifs is 6. The van der Waals surface area contributed by atoms with Crippen LogP contribution in [0.5, 0.6) is 0 Å². The Morgan fingerprint density at radius 2 is 0.700 bits per heavy atom. The average Bonchev–Trinajstić information content (AvgIpc) is 3.66. The third kappa shape index (κ3) is 6.56. The van der Waals surface area contributed by atoms with Crippen molar-refractivity contribution in [2.45, 2.75) is 105 Å². The van der Waals surface area contributed by atoms with E-state index in [1.165, 1.54) is 12.1 Å². The fraction of sp³-hybridized carbons (Fsp3) is 0.302. The zero-order valence-electron chi connectivity index (χ0n) is 36.5. The quantitative estimate of drug-likeness (QED) is 0.129. The number of halogens is 4. The van der Waals surface area contributed by atoms with Gasteiger partial charge in [-0.05, 0) is 85.9 Å². The number of hydrogen-bond acceptors (Lipinski definition) is 1. The van der Waals surface area contributed by atoms with Crippen molar-refractivity contribution in [1.29, 1.82) is 5.26 Å². The van der Waals surface area contributed by atoms with Gasteiger partial charge < -0.3 is 9.13 Å². The lowest BCUT2D eigenvalue weighted by atomic mass is 9.86. The molecule has 0 aliphatic heterocycles. The summed E-state index contributed by atoms with van der Waals surface area (Å²) in [4.78, 5) is 0. The van der Waals surface area contributed by atoms with Crippen LogP contribution < -0.4 is 0 Å². The average molecular weight is 806 g/mol. The van der Waals surface area contributed by atoms with E-state index in [1.54, 1.807) is 0 Å². The first-order chi connectivity index (χ1) is 27.9. The van der Waals surface area contributed by atoms with E-state index < -0.39 is 28.8 Å². The second-order valence-electron chi connectivity index (χ2n) is 20.4. The Labute approximate surface area is 349 Å². The molecule has 0 amide bonds. The Morgan fingerprint density at radius 1 is 0.417 bits per heavy atom. The van der Waals surface area contributed by atoms with E-state index >= 15 is 17.6 Å². The van der Waals surface area contributed by atoms with Crippen LogP contribution in [0.3, 0.4) is 0 Å². The van der Waals surface area contributed by atoms with Gasteiger partial charge in [0.2, 0.25) is 0 Å². The zero-order valence-corrected chi connectivity index (χ0v) is 36.5. The normalized spacial score (nSPS) is 13.0. The van der Waals surface area contributed by atoms with Crippen molar-refractivity contribution >= 4 is 43.6 Å². The summed E-state index contributed by atoms with van der Waals surface area (Å²) < 4.78 is 66.7. The van der Waals surface area contributed by atoms with Crippen LogP contribution in [0.15, 0.2) is 91.0 Å². The van der Waals surface area contributed by atoms with Crippen LogP contribution >= 0.6 is 0 Å². The van der Waals surface area contributed by atoms with Gasteiger partial charge in [0, 0.05) is 27.6 Å². The van der Waals surface area contributed by atoms with Gasteiger partial charge in [0.1, 0.15) is 11.6 Å². The van der Waals surface area contributed by atoms with Crippen molar-refractivity contribution < 1.29 is 17.6 Å². The number of aromatic nitrogens is 2. The molecule has 0 aliphatic rings. The largest absolute Gasteiger partial charge is 0.308 e. The molecule has 0 fully saturated rings. The van der Waals surface area contributed by atoms with E-state index in [0.717, 1.165) is 65.9 Å². The molecule has 0 atom stereocenters. The topological polar surface area (TPSA) is 33.6 Å². The summed E-state index contributed by atoms with van der Waals surface area (Å²) in [5.74, 6) is -6.07. The maximum absolute atomic E-state index is 16.1. The maximum atomic E-state index is 16.1. The highest BCUT2D eigenvalue weighted by atomic mass is 19.2. The van der Waals surface area contributed by atoms with E-state index in [4.69, 9.17) is 0 Å². The summed E-state index contributed by atoms with van der Waals surface area (Å²) in [6.07, 6.45) is 0. The monoisotopic (exact) mass is 805 g/mol. The second-order valence-corrected chi connectivity index (χ2v) is 20.4. The molecule has 6 aromatic carbocycles. The molecule has 0 radical (unpaired) electrons. The molecule has 0 saturated carbocycles. The summed E-state index contributed by atoms with van der Waals surface area (Å²) in [5, 5.41) is 15.2. The van der Waals surface area contributed by atoms with E-state index in [1.807, 2.05) is 9.13 Å². The predicted octanol–water partition coefficient (Wildman–Crippen LogP) is 15.2. The molecular formula is C53H51F4N3. The van der Waals surface area contributed by atoms with Gasteiger partial charge in [-0.2, -0.15) is 5.26 Å². The molecule has 0 unspecified atom stereocenters.